The van der Waals surface area contributed by atoms with Crippen LogP contribution >= 0.6 is 0 Å². The van der Waals surface area contributed by atoms with Gasteiger partial charge in [-0.15, -0.1) is 0 Å². The number of pyridine rings is 1. The highest BCUT2D eigenvalue weighted by Gasteiger charge is 2.21. The molecule has 0 aliphatic heterocycles. The van der Waals surface area contributed by atoms with E-state index in [1.807, 2.05) is 6.92 Å². The van der Waals surface area contributed by atoms with Gasteiger partial charge in [-0.2, -0.15) is 0 Å². The molecular weight excluding hydrogens is 236 g/mol. The summed E-state index contributed by atoms with van der Waals surface area (Å²) in [6.07, 6.45) is 0.531. The Balaban J connectivity index is 2.98. The fourth-order valence-corrected chi connectivity index (χ4v) is 2.19. The van der Waals surface area contributed by atoms with Gasteiger partial charge in [-0.25, -0.2) is 9.78 Å². The van der Waals surface area contributed by atoms with Gasteiger partial charge in [-0.3, -0.25) is 4.40 Å². The van der Waals surface area contributed by atoms with Crippen LogP contribution in [0.1, 0.15) is 34.4 Å². The molecule has 0 saturated carbocycles. The van der Waals surface area contributed by atoms with E-state index in [4.69, 9.17) is 0 Å². The molecule has 0 radical (unpaired) electrons. The van der Waals surface area contributed by atoms with Crippen molar-refractivity contribution in [2.45, 2.75) is 26.9 Å². The number of aromatic nitrogens is 2. The van der Waals surface area contributed by atoms with Crippen LogP contribution in [0.15, 0.2) is 6.07 Å². The average Bonchev–Trinajstić information content (AvgIpc) is 2.66. The molecule has 0 spiro atoms. The molecule has 2 rings (SSSR count). The SMILES string of the molecule is CCc1c(CO)cc(O)c2nc(C)c(C(=O)O)n12. The molecular formula is C12H14N2O4. The number of aromatic carboxylic acids is 1. The molecule has 2 aromatic rings. The minimum absolute atomic E-state index is 0.0208. The number of aliphatic hydroxyl groups is 1. The van der Waals surface area contributed by atoms with Crippen molar-refractivity contribution in [3.8, 4) is 5.75 Å². The first-order valence-electron chi connectivity index (χ1n) is 5.58. The zero-order chi connectivity index (χ0) is 13.4. The van der Waals surface area contributed by atoms with Crippen molar-refractivity contribution in [3.63, 3.8) is 0 Å². The van der Waals surface area contributed by atoms with Gasteiger partial charge in [-0.05, 0) is 19.4 Å². The largest absolute Gasteiger partial charge is 0.504 e. The van der Waals surface area contributed by atoms with Crippen molar-refractivity contribution in [1.82, 2.24) is 9.38 Å². The number of aryl methyl sites for hydroxylation is 2. The molecule has 96 valence electrons. The van der Waals surface area contributed by atoms with Crippen LogP contribution in [0, 0.1) is 6.92 Å². The highest BCUT2D eigenvalue weighted by Crippen LogP contribution is 2.26. The Kier molecular flexibility index (Phi) is 2.96. The summed E-state index contributed by atoms with van der Waals surface area (Å²) < 4.78 is 1.40. The first-order valence-corrected chi connectivity index (χ1v) is 5.58. The molecule has 0 amide bonds. The van der Waals surface area contributed by atoms with E-state index in [0.717, 1.165) is 0 Å². The Labute approximate surface area is 103 Å². The van der Waals surface area contributed by atoms with Gasteiger partial charge in [0.25, 0.3) is 0 Å². The Morgan fingerprint density at radius 1 is 1.50 bits per heavy atom. The van der Waals surface area contributed by atoms with Crippen molar-refractivity contribution >= 4 is 11.6 Å². The van der Waals surface area contributed by atoms with E-state index in [2.05, 4.69) is 4.98 Å². The normalized spacial score (nSPS) is 11.1. The van der Waals surface area contributed by atoms with E-state index in [1.165, 1.54) is 10.5 Å². The number of carboxylic acids is 1. The van der Waals surface area contributed by atoms with Crippen molar-refractivity contribution < 1.29 is 20.1 Å². The summed E-state index contributed by atoms with van der Waals surface area (Å²) in [7, 11) is 0. The average molecular weight is 250 g/mol. The number of aliphatic hydroxyl groups excluding tert-OH is 1. The van der Waals surface area contributed by atoms with Crippen molar-refractivity contribution in [2.24, 2.45) is 0 Å². The van der Waals surface area contributed by atoms with Crippen LogP contribution in [0.2, 0.25) is 0 Å². The Morgan fingerprint density at radius 3 is 2.67 bits per heavy atom. The fraction of sp³-hybridized carbons (Fsp3) is 0.333. The first kappa shape index (κ1) is 12.4. The van der Waals surface area contributed by atoms with Gasteiger partial charge in [0.05, 0.1) is 12.3 Å². The number of rotatable bonds is 3. The molecule has 0 atom stereocenters. The second-order valence-electron chi connectivity index (χ2n) is 4.02. The monoisotopic (exact) mass is 250 g/mol. The van der Waals surface area contributed by atoms with Crippen LogP contribution in [0.5, 0.6) is 5.75 Å². The van der Waals surface area contributed by atoms with Crippen molar-refractivity contribution in [1.29, 1.82) is 0 Å². The first-order chi connectivity index (χ1) is 8.51. The number of aromatic hydroxyl groups is 1. The molecule has 0 unspecified atom stereocenters. The summed E-state index contributed by atoms with van der Waals surface area (Å²) in [6.45, 7) is 3.17. The van der Waals surface area contributed by atoms with Gasteiger partial charge < -0.3 is 15.3 Å². The summed E-state index contributed by atoms with van der Waals surface area (Å²) in [5.74, 6) is -1.24. The van der Waals surface area contributed by atoms with Crippen LogP contribution in [0.25, 0.3) is 5.65 Å². The molecule has 6 nitrogen and oxygen atoms in total. The lowest BCUT2D eigenvalue weighted by Gasteiger charge is -2.11. The summed E-state index contributed by atoms with van der Waals surface area (Å²) in [5.41, 5.74) is 1.71. The number of carboxylic acid groups (broad SMARTS) is 1. The maximum absolute atomic E-state index is 11.3. The second kappa shape index (κ2) is 4.30. The van der Waals surface area contributed by atoms with Gasteiger partial charge in [0, 0.05) is 11.3 Å². The summed E-state index contributed by atoms with van der Waals surface area (Å²) in [5, 5.41) is 28.3. The lowest BCUT2D eigenvalue weighted by atomic mass is 10.1. The lowest BCUT2D eigenvalue weighted by Crippen LogP contribution is -2.09. The molecule has 0 fully saturated rings. The van der Waals surface area contributed by atoms with Crippen LogP contribution in [-0.4, -0.2) is 30.7 Å². The zero-order valence-electron chi connectivity index (χ0n) is 10.1. The van der Waals surface area contributed by atoms with E-state index in [9.17, 15) is 20.1 Å². The number of hydrogen-bond donors (Lipinski definition) is 3. The van der Waals surface area contributed by atoms with Gasteiger partial charge in [0.1, 0.15) is 0 Å². The van der Waals surface area contributed by atoms with Crippen molar-refractivity contribution in [2.75, 3.05) is 0 Å². The quantitative estimate of drug-likeness (QED) is 0.758. The highest BCUT2D eigenvalue weighted by atomic mass is 16.4. The third kappa shape index (κ3) is 1.62. The van der Waals surface area contributed by atoms with Crippen molar-refractivity contribution in [3.05, 3.63) is 28.7 Å². The highest BCUT2D eigenvalue weighted by molar-refractivity contribution is 5.89. The smallest absolute Gasteiger partial charge is 0.354 e. The topological polar surface area (TPSA) is 95.1 Å². The second-order valence-corrected chi connectivity index (χ2v) is 4.02. The van der Waals surface area contributed by atoms with E-state index >= 15 is 0 Å². The molecule has 0 bridgehead atoms. The fourth-order valence-electron chi connectivity index (χ4n) is 2.19. The Hall–Kier alpha value is -2.08. The summed E-state index contributed by atoms with van der Waals surface area (Å²) in [6, 6.07) is 1.42. The maximum Gasteiger partial charge on any atom is 0.354 e. The van der Waals surface area contributed by atoms with E-state index in [1.54, 1.807) is 6.92 Å². The third-order valence-electron chi connectivity index (χ3n) is 2.94. The van der Waals surface area contributed by atoms with E-state index < -0.39 is 5.97 Å². The van der Waals surface area contributed by atoms with Crippen LogP contribution in [-0.2, 0) is 13.0 Å². The van der Waals surface area contributed by atoms with E-state index in [0.29, 0.717) is 23.4 Å². The third-order valence-corrected chi connectivity index (χ3v) is 2.94. The molecule has 18 heavy (non-hydrogen) atoms. The molecule has 3 N–H and O–H groups in total. The van der Waals surface area contributed by atoms with Crippen LogP contribution in [0.3, 0.4) is 0 Å². The number of hydrogen-bond acceptors (Lipinski definition) is 4. The Bertz CT molecular complexity index is 631. The van der Waals surface area contributed by atoms with Gasteiger partial charge in [0.15, 0.2) is 17.1 Å². The molecule has 6 heteroatoms. The standard InChI is InChI=1S/C12H14N2O4/c1-3-8-7(5-15)4-9(16)11-13-6(2)10(12(17)18)14(8)11/h4,15-16H,3,5H2,1-2H3,(H,17,18). The minimum atomic E-state index is -1.11. The minimum Gasteiger partial charge on any atom is -0.504 e. The molecule has 0 saturated heterocycles. The van der Waals surface area contributed by atoms with E-state index in [-0.39, 0.29) is 23.7 Å². The predicted molar refractivity (Wildman–Crippen MR) is 63.9 cm³/mol. The van der Waals surface area contributed by atoms with Crippen LogP contribution in [0.4, 0.5) is 0 Å². The molecule has 0 aromatic carbocycles. The molecule has 0 aliphatic carbocycles. The zero-order valence-corrected chi connectivity index (χ0v) is 10.1. The molecule has 2 heterocycles. The number of imidazole rings is 1. The maximum atomic E-state index is 11.3. The summed E-state index contributed by atoms with van der Waals surface area (Å²) in [4.78, 5) is 15.3. The van der Waals surface area contributed by atoms with Gasteiger partial charge in [-0.1, -0.05) is 6.92 Å². The lowest BCUT2D eigenvalue weighted by molar-refractivity contribution is 0.0688. The Morgan fingerprint density at radius 2 is 2.17 bits per heavy atom. The molecule has 0 aliphatic rings. The number of carbonyl (C=O) groups is 1. The summed E-state index contributed by atoms with van der Waals surface area (Å²) >= 11 is 0. The predicted octanol–water partition coefficient (Wildman–Crippen LogP) is 1.10. The van der Waals surface area contributed by atoms with Crippen LogP contribution < -0.4 is 0 Å². The molecule has 2 aromatic heterocycles. The van der Waals surface area contributed by atoms with Gasteiger partial charge in [0.2, 0.25) is 0 Å². The number of nitrogens with zero attached hydrogens (tertiary/aromatic N) is 2. The van der Waals surface area contributed by atoms with Gasteiger partial charge >= 0.3 is 5.97 Å². The number of fused-ring (bicyclic) bond motifs is 1.